The summed E-state index contributed by atoms with van der Waals surface area (Å²) in [7, 11) is 0. The van der Waals surface area contributed by atoms with Gasteiger partial charge in [-0.1, -0.05) is 389 Å². The number of alkyl halides is 3. The molecule has 0 N–H and O–H groups in total. The molecule has 0 nitrogen and oxygen atoms in total. The first-order valence-corrected chi connectivity index (χ1v) is 34.0. The molecule has 0 bridgehead atoms. The fourth-order valence-electron chi connectivity index (χ4n) is 8.17. The topological polar surface area (TPSA) is 0 Å². The highest BCUT2D eigenvalue weighted by Crippen LogP contribution is 2.52. The highest BCUT2D eigenvalue weighted by atomic mass is 19.4. The fourth-order valence-corrected chi connectivity index (χ4v) is 8.17. The van der Waals surface area contributed by atoms with Crippen LogP contribution in [0.25, 0.3) is 0 Å². The molecule has 502 valence electrons. The van der Waals surface area contributed by atoms with Crippen LogP contribution in [0.3, 0.4) is 0 Å². The second kappa shape index (κ2) is 56.3. The average molecular weight is 1180 g/mol. The van der Waals surface area contributed by atoms with Crippen LogP contribution < -0.4 is 0 Å². The molecule has 0 aromatic rings. The van der Waals surface area contributed by atoms with Gasteiger partial charge in [-0.05, 0) is 107 Å². The van der Waals surface area contributed by atoms with Crippen molar-refractivity contribution in [3.63, 3.8) is 0 Å². The van der Waals surface area contributed by atoms with Crippen LogP contribution >= 0.6 is 0 Å². The normalized spacial score (nSPS) is 23.8. The van der Waals surface area contributed by atoms with Crippen molar-refractivity contribution in [2.24, 2.45) is 67.4 Å². The van der Waals surface area contributed by atoms with Gasteiger partial charge in [0.25, 0.3) is 0 Å². The van der Waals surface area contributed by atoms with Gasteiger partial charge in [0.1, 0.15) is 0 Å². The van der Waals surface area contributed by atoms with Crippen molar-refractivity contribution in [2.75, 3.05) is 0 Å². The zero-order chi connectivity index (χ0) is 78.2. The summed E-state index contributed by atoms with van der Waals surface area (Å²) < 4.78 is 139. The van der Waals surface area contributed by atoms with E-state index in [-0.39, 0.29) is 40.9 Å². The van der Waals surface area contributed by atoms with Crippen LogP contribution in [0, 0.1) is 67.4 Å². The summed E-state index contributed by atoms with van der Waals surface area (Å²) in [6.45, 7) is 62.8. The Labute approximate surface area is 538 Å². The zero-order valence-corrected chi connectivity index (χ0v) is 62.4. The van der Waals surface area contributed by atoms with Crippen LogP contribution in [0.2, 0.25) is 0 Å². The fraction of sp³-hybridized carbons (Fsp3) is 1.00. The van der Waals surface area contributed by atoms with Crippen LogP contribution in [-0.4, -0.2) is 6.18 Å². The van der Waals surface area contributed by atoms with Crippen LogP contribution in [0.4, 0.5) is 13.2 Å². The van der Waals surface area contributed by atoms with E-state index in [1.165, 1.54) is 89.9 Å². The Balaban J connectivity index is -0.000000145. The molecule has 0 unspecified atom stereocenters. The molecule has 0 amide bonds. The Bertz CT molecular complexity index is 1600. The molecule has 0 spiro atoms. The van der Waals surface area contributed by atoms with Crippen molar-refractivity contribution in [1.29, 1.82) is 0 Å². The molecule has 6 aliphatic carbocycles. The van der Waals surface area contributed by atoms with Crippen molar-refractivity contribution >= 4 is 0 Å². The van der Waals surface area contributed by atoms with Gasteiger partial charge in [0.05, 0.1) is 5.41 Å². The Kier molecular flexibility index (Phi) is 47.5. The monoisotopic (exact) mass is 1180 g/mol. The molecule has 0 aromatic heterocycles. The summed E-state index contributed by atoms with van der Waals surface area (Å²) in [6.07, 6.45) is 21.9. The second-order valence-corrected chi connectivity index (χ2v) is 29.5. The van der Waals surface area contributed by atoms with Gasteiger partial charge in [0.15, 0.2) is 0 Å². The Morgan fingerprint density at radius 2 is 0.704 bits per heavy atom. The quantitative estimate of drug-likeness (QED) is 0.263. The van der Waals surface area contributed by atoms with Gasteiger partial charge in [-0.2, -0.15) is 13.2 Å². The van der Waals surface area contributed by atoms with E-state index in [0.29, 0.717) is 29.6 Å². The number of rotatable bonds is 4. The molecule has 6 rings (SSSR count). The molecule has 0 atom stereocenters. The summed E-state index contributed by atoms with van der Waals surface area (Å²) in [4.78, 5) is 0. The third kappa shape index (κ3) is 81.9. The van der Waals surface area contributed by atoms with Gasteiger partial charge in [-0.15, -0.1) is 0 Å². The lowest BCUT2D eigenvalue weighted by molar-refractivity contribution is -0.223. The van der Waals surface area contributed by atoms with Crippen molar-refractivity contribution in [3.8, 4) is 0 Å². The molecule has 81 heavy (non-hydrogen) atoms. The van der Waals surface area contributed by atoms with Crippen LogP contribution in [0.1, 0.15) is 453 Å². The molecule has 6 aliphatic rings. The third-order valence-corrected chi connectivity index (χ3v) is 15.0. The first-order chi connectivity index (χ1) is 41.9. The minimum absolute atomic E-state index is 0.0556. The number of hydrogen-bond acceptors (Lipinski definition) is 0. The lowest BCUT2D eigenvalue weighted by Crippen LogP contribution is -2.34. The first-order valence-electron chi connectivity index (χ1n) is 41.0. The maximum atomic E-state index is 12.4. The van der Waals surface area contributed by atoms with Crippen LogP contribution in [0.15, 0.2) is 0 Å². The van der Waals surface area contributed by atoms with Gasteiger partial charge in [-0.25, -0.2) is 0 Å². The van der Waals surface area contributed by atoms with Crippen molar-refractivity contribution < 1.29 is 32.4 Å². The van der Waals surface area contributed by atoms with E-state index < -0.39 is 49.3 Å². The molecule has 0 heterocycles. The van der Waals surface area contributed by atoms with Gasteiger partial charge >= 0.3 is 6.18 Å². The minimum atomic E-state index is -3.97. The Hall–Kier alpha value is -0.210. The minimum Gasteiger partial charge on any atom is -0.171 e. The molecule has 3 heteroatoms. The highest BCUT2D eigenvalue weighted by Gasteiger charge is 2.54. The standard InChI is InChI=1S/C9H18.C8H13F3.C8H16.2C7H14.C6H12.2C6H14.3C5H12.3C2H6/c1-8-4-6-9(2,3)7-5-8;1-2-7(8(9,10)11)5-3-4-6-7;1-3-8(2)6-4-5-7-8;1-7-5-3-2-4-6-7;1-2-7-5-3-4-6-7;1-6-4-2-3-5-6;2*1-5-6(2,3)4;2*1-5(2,3)4;1-4-5(2)3;3*1-2/h8H,4-7H2,1-3H3;2-6H2,1H3;3-7H2,1-2H3;2*7H,2-6H2,1H3;6H,2-5H2,1H3;2*5H2,1-4H3;2*1-4H3;5H,4H2,1-3H3;3*1-2H3/i8D;;;7D;2D2;6D;2*5D2;1D3;;4D2;;;. The number of hydrogen-bond donors (Lipinski definition) is 0. The summed E-state index contributed by atoms with van der Waals surface area (Å²) in [5.41, 5.74) is -0.597. The van der Waals surface area contributed by atoms with E-state index in [1.807, 2.05) is 111 Å². The molecule has 6 saturated carbocycles. The largest absolute Gasteiger partial charge is 0.394 e. The summed E-state index contributed by atoms with van der Waals surface area (Å²) >= 11 is 0. The summed E-state index contributed by atoms with van der Waals surface area (Å²) in [5.74, 6) is 0.235. The van der Waals surface area contributed by atoms with E-state index >= 15 is 0 Å². The van der Waals surface area contributed by atoms with Crippen LogP contribution in [0.5, 0.6) is 0 Å². The predicted octanol–water partition coefficient (Wildman–Crippen LogP) is 31.2. The van der Waals surface area contributed by atoms with E-state index in [9.17, 15) is 13.2 Å². The van der Waals surface area contributed by atoms with E-state index in [4.69, 9.17) is 19.2 Å². The average Bonchev–Trinajstić information content (AvgIpc) is 1.72. The molecular weight excluding hydrogens is 994 g/mol. The molecule has 0 aromatic carbocycles. The van der Waals surface area contributed by atoms with Crippen molar-refractivity contribution in [1.82, 2.24) is 0 Å². The Morgan fingerprint density at radius 3 is 0.852 bits per heavy atom. The molecule has 0 aliphatic heterocycles. The molecule has 0 saturated heterocycles. The van der Waals surface area contributed by atoms with Gasteiger partial charge in [0.2, 0.25) is 0 Å². The van der Waals surface area contributed by atoms with E-state index in [2.05, 4.69) is 62.3 Å². The maximum Gasteiger partial charge on any atom is 0.394 e. The van der Waals surface area contributed by atoms with Crippen LogP contribution in [-0.2, 0) is 0 Å². The molecule has 0 radical (unpaired) electrons. The lowest BCUT2D eigenvalue weighted by atomic mass is 9.74. The second-order valence-electron chi connectivity index (χ2n) is 29.5. The lowest BCUT2D eigenvalue weighted by Gasteiger charge is -2.32. The first kappa shape index (κ1) is 68.3. The zero-order valence-electron chi connectivity index (χ0n) is 76.4. The molecule has 6 fully saturated rings. The maximum absolute atomic E-state index is 12.4. The van der Waals surface area contributed by atoms with E-state index in [0.717, 1.165) is 69.6 Å². The van der Waals surface area contributed by atoms with Crippen molar-refractivity contribution in [2.45, 2.75) is 440 Å². The summed E-state index contributed by atoms with van der Waals surface area (Å²) in [5, 5.41) is 0. The van der Waals surface area contributed by atoms with Gasteiger partial charge < -0.3 is 0 Å². The predicted molar refractivity (Wildman–Crippen MR) is 377 cm³/mol. The van der Waals surface area contributed by atoms with E-state index in [1.54, 1.807) is 55.4 Å². The Morgan fingerprint density at radius 1 is 0.444 bits per heavy atom. The number of halogens is 3. The van der Waals surface area contributed by atoms with Crippen molar-refractivity contribution in [3.05, 3.63) is 0 Å². The molecular formula is C78H169F3. The van der Waals surface area contributed by atoms with Gasteiger partial charge in [-0.3, -0.25) is 0 Å². The SMILES string of the molecule is CC.CC.CC.CC(C)(C)C.CCC1(C(F)(F)F)CCCC1.CCC1(C)CCCC1.[2H]C([2H])(C)C(C)(C)C.[2H]C([2H])(C)C(C)(C)C.[2H]C([2H])(C)C(C)C.[2H]C([2H])(C)C1CCCC1.[2H]C([2H])([2H])C(C)(C)C.[2H]C1(C)CCC(C)(C)CC1.[2H]C1(C)CCCC1.[2H]C1(C)CCCCC1. The summed E-state index contributed by atoms with van der Waals surface area (Å²) in [6, 6.07) is 0. The third-order valence-electron chi connectivity index (χ3n) is 15.0. The van der Waals surface area contributed by atoms with Gasteiger partial charge in [0, 0.05) is 19.2 Å². The highest BCUT2D eigenvalue weighted by molar-refractivity contribution is 4.89. The smallest absolute Gasteiger partial charge is 0.171 e.